The number of sulfonamides is 1. The van der Waals surface area contributed by atoms with E-state index in [0.29, 0.717) is 22.0 Å². The molecular weight excluding hydrogens is 564 g/mol. The smallest absolute Gasteiger partial charge is 0.264 e. The van der Waals surface area contributed by atoms with Crippen LogP contribution in [0.15, 0.2) is 77.7 Å². The largest absolute Gasteiger partial charge is 0.352 e. The van der Waals surface area contributed by atoms with E-state index in [2.05, 4.69) is 5.32 Å². The van der Waals surface area contributed by atoms with E-state index >= 15 is 0 Å². The van der Waals surface area contributed by atoms with Crippen molar-refractivity contribution in [2.75, 3.05) is 10.8 Å². The van der Waals surface area contributed by atoms with Crippen LogP contribution in [0, 0.1) is 5.82 Å². The highest BCUT2D eigenvalue weighted by Gasteiger charge is 2.33. The van der Waals surface area contributed by atoms with Crippen molar-refractivity contribution in [2.24, 2.45) is 0 Å². The number of hydrogen-bond donors (Lipinski definition) is 1. The minimum Gasteiger partial charge on any atom is -0.352 e. The van der Waals surface area contributed by atoms with E-state index < -0.39 is 40.2 Å². The van der Waals surface area contributed by atoms with Crippen molar-refractivity contribution >= 4 is 50.7 Å². The summed E-state index contributed by atoms with van der Waals surface area (Å²) in [6, 6.07) is 16.1. The van der Waals surface area contributed by atoms with E-state index in [1.807, 2.05) is 13.8 Å². The maximum Gasteiger partial charge on any atom is 0.264 e. The molecule has 39 heavy (non-hydrogen) atoms. The molecule has 0 spiro atoms. The van der Waals surface area contributed by atoms with Gasteiger partial charge >= 0.3 is 0 Å². The van der Waals surface area contributed by atoms with Crippen LogP contribution < -0.4 is 9.62 Å². The van der Waals surface area contributed by atoms with E-state index in [1.165, 1.54) is 29.2 Å². The van der Waals surface area contributed by atoms with Crippen molar-refractivity contribution in [3.8, 4) is 0 Å². The predicted molar refractivity (Wildman–Crippen MR) is 152 cm³/mol. The highest BCUT2D eigenvalue weighted by atomic mass is 35.5. The summed E-state index contributed by atoms with van der Waals surface area (Å²) in [6.07, 6.45) is 0.677. The lowest BCUT2D eigenvalue weighted by atomic mass is 10.1. The van der Waals surface area contributed by atoms with Crippen LogP contribution in [0.1, 0.15) is 32.8 Å². The zero-order chi connectivity index (χ0) is 28.7. The quantitative estimate of drug-likeness (QED) is 0.311. The monoisotopic (exact) mass is 593 g/mol. The van der Waals surface area contributed by atoms with Crippen LogP contribution in [0.2, 0.25) is 10.0 Å². The molecule has 0 bridgehead atoms. The van der Waals surface area contributed by atoms with E-state index in [-0.39, 0.29) is 23.2 Å². The Bertz CT molecular complexity index is 1390. The van der Waals surface area contributed by atoms with Crippen LogP contribution in [-0.4, -0.2) is 43.8 Å². The first-order valence-electron chi connectivity index (χ1n) is 12.3. The number of hydrogen-bond acceptors (Lipinski definition) is 4. The Hall–Kier alpha value is -3.14. The van der Waals surface area contributed by atoms with E-state index in [1.54, 1.807) is 43.3 Å². The van der Waals surface area contributed by atoms with Crippen LogP contribution in [0.4, 0.5) is 10.1 Å². The topological polar surface area (TPSA) is 86.8 Å². The molecule has 0 saturated carbocycles. The lowest BCUT2D eigenvalue weighted by Gasteiger charge is -2.32. The molecule has 0 aliphatic carbocycles. The molecule has 2 amide bonds. The minimum atomic E-state index is -4.24. The standard InChI is InChI=1S/C28H30Cl2FN3O4S/c1-4-19(2)32-28(36)20(3)33(17-24-25(29)11-8-12-26(24)30)27(35)18-34(22-15-13-21(31)14-16-22)39(37,38)23-9-6-5-7-10-23/h5-16,19-20H,4,17-18H2,1-3H3,(H,32,36)/t19-,20-/m0/s1. The number of benzene rings is 3. The van der Waals surface area contributed by atoms with Gasteiger partial charge in [0.15, 0.2) is 0 Å². The zero-order valence-electron chi connectivity index (χ0n) is 21.8. The number of nitrogens with one attached hydrogen (secondary N) is 1. The van der Waals surface area contributed by atoms with Crippen molar-refractivity contribution < 1.29 is 22.4 Å². The normalized spacial score (nSPS) is 12.9. The fraction of sp³-hybridized carbons (Fsp3) is 0.286. The van der Waals surface area contributed by atoms with E-state index in [4.69, 9.17) is 23.2 Å². The van der Waals surface area contributed by atoms with Crippen molar-refractivity contribution in [1.82, 2.24) is 10.2 Å². The minimum absolute atomic E-state index is 0.0506. The second-order valence-electron chi connectivity index (χ2n) is 9.02. The van der Waals surface area contributed by atoms with Crippen LogP contribution in [0.3, 0.4) is 0 Å². The first-order chi connectivity index (χ1) is 18.4. The molecule has 11 heteroatoms. The van der Waals surface area contributed by atoms with Gasteiger partial charge in [0.25, 0.3) is 10.0 Å². The Morgan fingerprint density at radius 2 is 1.51 bits per heavy atom. The number of amides is 2. The Balaban J connectivity index is 2.05. The summed E-state index contributed by atoms with van der Waals surface area (Å²) in [6.45, 7) is 4.50. The van der Waals surface area contributed by atoms with Gasteiger partial charge in [-0.25, -0.2) is 12.8 Å². The Kier molecular flexibility index (Phi) is 10.4. The van der Waals surface area contributed by atoms with Crippen molar-refractivity contribution in [3.63, 3.8) is 0 Å². The number of rotatable bonds is 11. The molecule has 0 radical (unpaired) electrons. The maximum atomic E-state index is 13.9. The van der Waals surface area contributed by atoms with E-state index in [9.17, 15) is 22.4 Å². The van der Waals surface area contributed by atoms with Gasteiger partial charge in [0, 0.05) is 28.2 Å². The fourth-order valence-electron chi connectivity index (χ4n) is 3.76. The lowest BCUT2D eigenvalue weighted by Crippen LogP contribution is -2.52. The molecule has 0 aliphatic rings. The summed E-state index contributed by atoms with van der Waals surface area (Å²) in [5.41, 5.74) is 0.498. The summed E-state index contributed by atoms with van der Waals surface area (Å²) in [5, 5.41) is 3.44. The lowest BCUT2D eigenvalue weighted by molar-refractivity contribution is -0.139. The molecule has 0 unspecified atom stereocenters. The van der Waals surface area contributed by atoms with Gasteiger partial charge in [-0.1, -0.05) is 54.4 Å². The molecule has 7 nitrogen and oxygen atoms in total. The molecule has 208 valence electrons. The van der Waals surface area contributed by atoms with Crippen molar-refractivity contribution in [3.05, 3.63) is 94.2 Å². The third-order valence-electron chi connectivity index (χ3n) is 6.28. The number of nitrogens with zero attached hydrogens (tertiary/aromatic N) is 2. The molecule has 3 aromatic rings. The van der Waals surface area contributed by atoms with Crippen molar-refractivity contribution in [2.45, 2.75) is 50.7 Å². The first kappa shape index (κ1) is 30.4. The Labute approximate surface area is 238 Å². The maximum absolute atomic E-state index is 13.9. The summed E-state index contributed by atoms with van der Waals surface area (Å²) >= 11 is 12.7. The fourth-order valence-corrected chi connectivity index (χ4v) is 5.71. The third-order valence-corrected chi connectivity index (χ3v) is 8.78. The molecule has 0 fully saturated rings. The molecule has 1 N–H and O–H groups in total. The predicted octanol–water partition coefficient (Wildman–Crippen LogP) is 5.66. The summed E-state index contributed by atoms with van der Waals surface area (Å²) in [7, 11) is -4.24. The van der Waals surface area contributed by atoms with Gasteiger partial charge in [-0.15, -0.1) is 0 Å². The number of carbonyl (C=O) groups is 2. The molecule has 0 aliphatic heterocycles. The van der Waals surface area contributed by atoms with Gasteiger partial charge in [-0.2, -0.15) is 0 Å². The Morgan fingerprint density at radius 1 is 0.923 bits per heavy atom. The zero-order valence-corrected chi connectivity index (χ0v) is 24.1. The molecule has 3 rings (SSSR count). The van der Waals surface area contributed by atoms with Gasteiger partial charge in [-0.3, -0.25) is 13.9 Å². The molecule has 0 saturated heterocycles. The molecule has 2 atom stereocenters. The van der Waals surface area contributed by atoms with Crippen LogP contribution >= 0.6 is 23.2 Å². The van der Waals surface area contributed by atoms with Crippen molar-refractivity contribution in [1.29, 1.82) is 0 Å². The highest BCUT2D eigenvalue weighted by Crippen LogP contribution is 2.28. The number of carbonyl (C=O) groups excluding carboxylic acids is 2. The number of anilines is 1. The van der Waals surface area contributed by atoms with Gasteiger partial charge in [0.05, 0.1) is 10.6 Å². The molecule has 0 aromatic heterocycles. The summed E-state index contributed by atoms with van der Waals surface area (Å²) in [4.78, 5) is 28.2. The third kappa shape index (κ3) is 7.50. The molecule has 0 heterocycles. The SMILES string of the molecule is CC[C@H](C)NC(=O)[C@H](C)N(Cc1c(Cl)cccc1Cl)C(=O)CN(c1ccc(F)cc1)S(=O)(=O)c1ccccc1. The van der Waals surface area contributed by atoms with Crippen LogP contribution in [0.5, 0.6) is 0 Å². The second kappa shape index (κ2) is 13.3. The van der Waals surface area contributed by atoms with E-state index in [0.717, 1.165) is 16.4 Å². The number of halogens is 3. The molecule has 3 aromatic carbocycles. The first-order valence-corrected chi connectivity index (χ1v) is 14.5. The van der Waals surface area contributed by atoms with Gasteiger partial charge in [0.1, 0.15) is 18.4 Å². The summed E-state index contributed by atoms with van der Waals surface area (Å²) in [5.74, 6) is -1.66. The van der Waals surface area contributed by atoms with Gasteiger partial charge < -0.3 is 10.2 Å². The van der Waals surface area contributed by atoms with Gasteiger partial charge in [0.2, 0.25) is 11.8 Å². The Morgan fingerprint density at radius 3 is 2.08 bits per heavy atom. The van der Waals surface area contributed by atoms with Gasteiger partial charge in [-0.05, 0) is 68.8 Å². The average Bonchev–Trinajstić information content (AvgIpc) is 2.92. The highest BCUT2D eigenvalue weighted by molar-refractivity contribution is 7.92. The average molecular weight is 595 g/mol. The van der Waals surface area contributed by atoms with Crippen LogP contribution in [-0.2, 0) is 26.2 Å². The molecular formula is C28H30Cl2FN3O4S. The van der Waals surface area contributed by atoms with Crippen LogP contribution in [0.25, 0.3) is 0 Å². The summed E-state index contributed by atoms with van der Waals surface area (Å²) < 4.78 is 41.9. The second-order valence-corrected chi connectivity index (χ2v) is 11.7.